The first-order valence-electron chi connectivity index (χ1n) is 4.63. The molecule has 80 valence electrons. The van der Waals surface area contributed by atoms with Crippen LogP contribution in [-0.2, 0) is 0 Å². The summed E-state index contributed by atoms with van der Waals surface area (Å²) in [6.45, 7) is 0. The maximum Gasteiger partial charge on any atom is 0.138 e. The summed E-state index contributed by atoms with van der Waals surface area (Å²) in [6, 6.07) is 9.81. The molecule has 0 N–H and O–H groups in total. The molecule has 3 rings (SSSR count). The molecule has 0 aliphatic carbocycles. The van der Waals surface area contributed by atoms with Crippen LogP contribution in [0.15, 0.2) is 41.1 Å². The van der Waals surface area contributed by atoms with E-state index in [1.807, 2.05) is 40.9 Å². The van der Waals surface area contributed by atoms with Gasteiger partial charge in [-0.2, -0.15) is 0 Å². The third-order valence-electron chi connectivity index (χ3n) is 2.27. The van der Waals surface area contributed by atoms with Gasteiger partial charge < -0.3 is 0 Å². The Morgan fingerprint density at radius 2 is 2.12 bits per heavy atom. The largest absolute Gasteiger partial charge is 0.293 e. The minimum absolute atomic E-state index is 0.783. The van der Waals surface area contributed by atoms with Crippen LogP contribution in [0.25, 0.3) is 16.2 Å². The fourth-order valence-electron chi connectivity index (χ4n) is 1.55. The van der Waals surface area contributed by atoms with Gasteiger partial charge in [-0.1, -0.05) is 17.7 Å². The Hall–Kier alpha value is -0.840. The molecule has 0 fully saturated rings. The lowest BCUT2D eigenvalue weighted by Crippen LogP contribution is -1.82. The van der Waals surface area contributed by atoms with Gasteiger partial charge >= 0.3 is 0 Å². The maximum absolute atomic E-state index is 5.91. The molecule has 0 unspecified atom stereocenters. The third kappa shape index (κ3) is 1.67. The molecule has 0 bridgehead atoms. The van der Waals surface area contributed by atoms with Gasteiger partial charge in [0.1, 0.15) is 5.65 Å². The van der Waals surface area contributed by atoms with E-state index in [9.17, 15) is 0 Å². The lowest BCUT2D eigenvalue weighted by atomic mass is 10.4. The number of thiophene rings is 1. The molecule has 16 heavy (non-hydrogen) atoms. The highest BCUT2D eigenvalue weighted by Gasteiger charge is 2.07. The SMILES string of the molecule is Clc1ccc(-c2cn3c(Br)cccc3n2)s1. The molecule has 3 aromatic rings. The second-order valence-electron chi connectivity index (χ2n) is 3.31. The number of hydrogen-bond donors (Lipinski definition) is 0. The average Bonchev–Trinajstić information content (AvgIpc) is 2.84. The molecule has 5 heteroatoms. The Morgan fingerprint density at radius 1 is 1.25 bits per heavy atom. The molecular weight excluding hydrogens is 308 g/mol. The zero-order chi connectivity index (χ0) is 11.1. The van der Waals surface area contributed by atoms with Crippen molar-refractivity contribution < 1.29 is 0 Å². The molecular formula is C11H6BrClN2S. The van der Waals surface area contributed by atoms with Crippen molar-refractivity contribution in [2.75, 3.05) is 0 Å². The summed E-state index contributed by atoms with van der Waals surface area (Å²) in [7, 11) is 0. The van der Waals surface area contributed by atoms with E-state index >= 15 is 0 Å². The van der Waals surface area contributed by atoms with E-state index in [1.165, 1.54) is 11.3 Å². The predicted molar refractivity (Wildman–Crippen MR) is 71.2 cm³/mol. The average molecular weight is 314 g/mol. The fourth-order valence-corrected chi connectivity index (χ4v) is 2.98. The van der Waals surface area contributed by atoms with E-state index in [0.29, 0.717) is 0 Å². The van der Waals surface area contributed by atoms with Gasteiger partial charge in [-0.3, -0.25) is 4.40 Å². The van der Waals surface area contributed by atoms with E-state index in [1.54, 1.807) is 0 Å². The number of aromatic nitrogens is 2. The van der Waals surface area contributed by atoms with Gasteiger partial charge in [-0.15, -0.1) is 11.3 Å². The lowest BCUT2D eigenvalue weighted by molar-refractivity contribution is 1.14. The van der Waals surface area contributed by atoms with Crippen molar-refractivity contribution in [3.05, 3.63) is 45.5 Å². The van der Waals surface area contributed by atoms with Crippen LogP contribution < -0.4 is 0 Å². The van der Waals surface area contributed by atoms with Crippen LogP contribution in [0.2, 0.25) is 4.34 Å². The number of imidazole rings is 1. The molecule has 0 atom stereocenters. The summed E-state index contributed by atoms with van der Waals surface area (Å²) in [5.74, 6) is 0. The van der Waals surface area contributed by atoms with E-state index in [-0.39, 0.29) is 0 Å². The summed E-state index contributed by atoms with van der Waals surface area (Å²) in [6.07, 6.45) is 2.00. The van der Waals surface area contributed by atoms with Crippen LogP contribution in [0.3, 0.4) is 0 Å². The summed E-state index contributed by atoms with van der Waals surface area (Å²) >= 11 is 10.9. The third-order valence-corrected chi connectivity index (χ3v) is 4.17. The second-order valence-corrected chi connectivity index (χ2v) is 5.83. The molecule has 0 amide bonds. The van der Waals surface area contributed by atoms with Crippen LogP contribution in [0.5, 0.6) is 0 Å². The molecule has 0 aliphatic rings. The molecule has 3 aromatic heterocycles. The van der Waals surface area contributed by atoms with E-state index in [4.69, 9.17) is 11.6 Å². The highest BCUT2D eigenvalue weighted by Crippen LogP contribution is 2.31. The molecule has 0 aliphatic heterocycles. The highest BCUT2D eigenvalue weighted by atomic mass is 79.9. The molecule has 0 spiro atoms. The quantitative estimate of drug-likeness (QED) is 0.606. The van der Waals surface area contributed by atoms with Crippen molar-refractivity contribution in [2.45, 2.75) is 0 Å². The minimum Gasteiger partial charge on any atom is -0.293 e. The number of halogens is 2. The first-order valence-corrected chi connectivity index (χ1v) is 6.62. The van der Waals surface area contributed by atoms with Crippen LogP contribution in [0, 0.1) is 0 Å². The molecule has 0 saturated heterocycles. The summed E-state index contributed by atoms with van der Waals surface area (Å²) in [4.78, 5) is 5.63. The minimum atomic E-state index is 0.783. The van der Waals surface area contributed by atoms with Crippen LogP contribution in [0.4, 0.5) is 0 Å². The first-order chi connectivity index (χ1) is 7.74. The predicted octanol–water partition coefficient (Wildman–Crippen LogP) is 4.48. The van der Waals surface area contributed by atoms with Crippen molar-refractivity contribution in [1.29, 1.82) is 0 Å². The van der Waals surface area contributed by atoms with Crippen LogP contribution in [0.1, 0.15) is 0 Å². The number of nitrogens with zero attached hydrogens (tertiary/aromatic N) is 2. The Bertz CT molecular complexity index is 659. The van der Waals surface area contributed by atoms with Gasteiger partial charge in [-0.05, 0) is 40.2 Å². The number of pyridine rings is 1. The highest BCUT2D eigenvalue weighted by molar-refractivity contribution is 9.10. The van der Waals surface area contributed by atoms with E-state index in [2.05, 4.69) is 20.9 Å². The lowest BCUT2D eigenvalue weighted by Gasteiger charge is -1.93. The fraction of sp³-hybridized carbons (Fsp3) is 0. The molecule has 0 saturated carbocycles. The molecule has 0 radical (unpaired) electrons. The van der Waals surface area contributed by atoms with Crippen molar-refractivity contribution in [2.24, 2.45) is 0 Å². The number of rotatable bonds is 1. The zero-order valence-corrected chi connectivity index (χ0v) is 11.2. The van der Waals surface area contributed by atoms with Gasteiger partial charge in [0.15, 0.2) is 0 Å². The Morgan fingerprint density at radius 3 is 2.81 bits per heavy atom. The molecule has 0 aromatic carbocycles. The van der Waals surface area contributed by atoms with Crippen molar-refractivity contribution in [3.8, 4) is 10.6 Å². The van der Waals surface area contributed by atoms with E-state index in [0.717, 1.165) is 25.2 Å². The smallest absolute Gasteiger partial charge is 0.138 e. The Kier molecular flexibility index (Phi) is 2.50. The standard InChI is InChI=1S/C11H6BrClN2S/c12-9-2-1-3-11-14-7(6-15(9)11)8-4-5-10(13)16-8/h1-6H. The molecule has 3 heterocycles. The zero-order valence-electron chi connectivity index (χ0n) is 8.02. The van der Waals surface area contributed by atoms with Gasteiger partial charge in [0.25, 0.3) is 0 Å². The van der Waals surface area contributed by atoms with Crippen molar-refractivity contribution in [1.82, 2.24) is 9.38 Å². The van der Waals surface area contributed by atoms with Gasteiger partial charge in [0.05, 0.1) is 19.5 Å². The van der Waals surface area contributed by atoms with Crippen molar-refractivity contribution in [3.63, 3.8) is 0 Å². The summed E-state index contributed by atoms with van der Waals surface area (Å²) in [5.41, 5.74) is 1.87. The first kappa shape index (κ1) is 10.3. The van der Waals surface area contributed by atoms with Crippen LogP contribution >= 0.6 is 38.9 Å². The normalized spacial score (nSPS) is 11.1. The number of hydrogen-bond acceptors (Lipinski definition) is 2. The Balaban J connectivity index is 2.22. The topological polar surface area (TPSA) is 17.3 Å². The van der Waals surface area contributed by atoms with Gasteiger partial charge in [-0.25, -0.2) is 4.98 Å². The summed E-state index contributed by atoms with van der Waals surface area (Å²) in [5, 5.41) is 0. The Labute approximate surface area is 110 Å². The number of fused-ring (bicyclic) bond motifs is 1. The maximum atomic E-state index is 5.91. The van der Waals surface area contributed by atoms with Gasteiger partial charge in [0.2, 0.25) is 0 Å². The van der Waals surface area contributed by atoms with Crippen LogP contribution in [-0.4, -0.2) is 9.38 Å². The second kappa shape index (κ2) is 3.87. The summed E-state index contributed by atoms with van der Waals surface area (Å²) < 4.78 is 3.78. The van der Waals surface area contributed by atoms with Gasteiger partial charge in [0, 0.05) is 6.20 Å². The van der Waals surface area contributed by atoms with E-state index < -0.39 is 0 Å². The molecule has 2 nitrogen and oxygen atoms in total. The monoisotopic (exact) mass is 312 g/mol. The van der Waals surface area contributed by atoms with Crippen molar-refractivity contribution >= 4 is 44.5 Å².